The van der Waals surface area contributed by atoms with Crippen molar-refractivity contribution in [1.82, 2.24) is 10.2 Å². The molecule has 0 amide bonds. The largest absolute Gasteiger partial charge is 0.310 e. The highest BCUT2D eigenvalue weighted by Gasteiger charge is 2.34. The van der Waals surface area contributed by atoms with E-state index in [2.05, 4.69) is 24.1 Å². The standard InChI is InChI=1S/C18H34N2/c1-3-14(2)20-12-16(10-15-8-9-15)11-18(13-20)19-17-6-4-5-7-17/h14-19H,3-13H2,1-2H3. The second-order valence-corrected chi connectivity index (χ2v) is 7.84. The van der Waals surface area contributed by atoms with Crippen LogP contribution in [-0.2, 0) is 0 Å². The second-order valence-electron chi connectivity index (χ2n) is 7.84. The van der Waals surface area contributed by atoms with Crippen LogP contribution in [0.3, 0.4) is 0 Å². The molecule has 3 aliphatic rings. The zero-order valence-corrected chi connectivity index (χ0v) is 13.6. The summed E-state index contributed by atoms with van der Waals surface area (Å²) < 4.78 is 0. The number of nitrogens with zero attached hydrogens (tertiary/aromatic N) is 1. The van der Waals surface area contributed by atoms with Gasteiger partial charge in [-0.25, -0.2) is 0 Å². The molecule has 3 unspecified atom stereocenters. The highest BCUT2D eigenvalue weighted by Crippen LogP contribution is 2.38. The first-order valence-corrected chi connectivity index (χ1v) is 9.24. The summed E-state index contributed by atoms with van der Waals surface area (Å²) in [6.45, 7) is 7.43. The Labute approximate surface area is 125 Å². The van der Waals surface area contributed by atoms with Gasteiger partial charge in [0.15, 0.2) is 0 Å². The molecule has 1 heterocycles. The van der Waals surface area contributed by atoms with Gasteiger partial charge < -0.3 is 5.32 Å². The molecule has 0 aromatic carbocycles. The monoisotopic (exact) mass is 278 g/mol. The molecule has 3 fully saturated rings. The molecule has 116 valence electrons. The van der Waals surface area contributed by atoms with Crippen LogP contribution in [0.1, 0.15) is 71.6 Å². The topological polar surface area (TPSA) is 15.3 Å². The van der Waals surface area contributed by atoms with E-state index >= 15 is 0 Å². The average Bonchev–Trinajstić information content (AvgIpc) is 3.11. The molecule has 1 saturated heterocycles. The molecule has 0 bridgehead atoms. The van der Waals surface area contributed by atoms with E-state index in [9.17, 15) is 0 Å². The third kappa shape index (κ3) is 3.98. The van der Waals surface area contributed by atoms with Crippen molar-refractivity contribution in [3.63, 3.8) is 0 Å². The second kappa shape index (κ2) is 6.79. The van der Waals surface area contributed by atoms with Crippen LogP contribution in [0, 0.1) is 11.8 Å². The first-order valence-electron chi connectivity index (χ1n) is 9.24. The predicted molar refractivity (Wildman–Crippen MR) is 86.0 cm³/mol. The van der Waals surface area contributed by atoms with E-state index in [1.54, 1.807) is 0 Å². The molecule has 0 spiro atoms. The Morgan fingerprint density at radius 2 is 1.75 bits per heavy atom. The Morgan fingerprint density at radius 1 is 1.00 bits per heavy atom. The summed E-state index contributed by atoms with van der Waals surface area (Å²) >= 11 is 0. The van der Waals surface area contributed by atoms with Gasteiger partial charge >= 0.3 is 0 Å². The first-order chi connectivity index (χ1) is 9.74. The Kier molecular flexibility index (Phi) is 5.04. The molecule has 0 aromatic heterocycles. The molecule has 20 heavy (non-hydrogen) atoms. The fourth-order valence-electron chi connectivity index (χ4n) is 4.40. The lowest BCUT2D eigenvalue weighted by Gasteiger charge is -2.42. The van der Waals surface area contributed by atoms with E-state index in [1.165, 1.54) is 70.9 Å². The van der Waals surface area contributed by atoms with Crippen LogP contribution >= 0.6 is 0 Å². The normalized spacial score (nSPS) is 34.5. The van der Waals surface area contributed by atoms with Crippen molar-refractivity contribution < 1.29 is 0 Å². The number of likely N-dealkylation sites (tertiary alicyclic amines) is 1. The quantitative estimate of drug-likeness (QED) is 0.795. The van der Waals surface area contributed by atoms with E-state index < -0.39 is 0 Å². The van der Waals surface area contributed by atoms with E-state index in [-0.39, 0.29) is 0 Å². The van der Waals surface area contributed by atoms with Crippen LogP contribution in [0.15, 0.2) is 0 Å². The number of hydrogen-bond donors (Lipinski definition) is 1. The minimum Gasteiger partial charge on any atom is -0.310 e. The fraction of sp³-hybridized carbons (Fsp3) is 1.00. The lowest BCUT2D eigenvalue weighted by atomic mass is 9.88. The smallest absolute Gasteiger partial charge is 0.0200 e. The highest BCUT2D eigenvalue weighted by atomic mass is 15.2. The average molecular weight is 278 g/mol. The fourth-order valence-corrected chi connectivity index (χ4v) is 4.40. The van der Waals surface area contributed by atoms with Crippen molar-refractivity contribution in [3.05, 3.63) is 0 Å². The summed E-state index contributed by atoms with van der Waals surface area (Å²) in [7, 11) is 0. The van der Waals surface area contributed by atoms with Gasteiger partial charge in [-0.15, -0.1) is 0 Å². The SMILES string of the molecule is CCC(C)N1CC(CC2CC2)CC(NC2CCCC2)C1. The predicted octanol–water partition coefficient (Wildman–Crippen LogP) is 3.81. The minimum absolute atomic E-state index is 0.768. The summed E-state index contributed by atoms with van der Waals surface area (Å²) in [6.07, 6.45) is 13.0. The van der Waals surface area contributed by atoms with Gasteiger partial charge in [0, 0.05) is 31.2 Å². The summed E-state index contributed by atoms with van der Waals surface area (Å²) in [5, 5.41) is 4.01. The molecule has 0 radical (unpaired) electrons. The number of piperidine rings is 1. The van der Waals surface area contributed by atoms with E-state index in [1.807, 2.05) is 0 Å². The van der Waals surface area contributed by atoms with Crippen LogP contribution in [0.25, 0.3) is 0 Å². The maximum absolute atomic E-state index is 4.01. The summed E-state index contributed by atoms with van der Waals surface area (Å²) in [5.74, 6) is 2.05. The molecule has 2 aliphatic carbocycles. The van der Waals surface area contributed by atoms with Crippen molar-refractivity contribution >= 4 is 0 Å². The van der Waals surface area contributed by atoms with Crippen molar-refractivity contribution in [2.24, 2.45) is 11.8 Å². The number of rotatable bonds is 6. The molecular formula is C18H34N2. The number of hydrogen-bond acceptors (Lipinski definition) is 2. The zero-order valence-electron chi connectivity index (χ0n) is 13.6. The molecule has 0 aromatic rings. The van der Waals surface area contributed by atoms with Crippen molar-refractivity contribution in [2.75, 3.05) is 13.1 Å². The Balaban J connectivity index is 1.55. The van der Waals surface area contributed by atoms with Crippen molar-refractivity contribution in [3.8, 4) is 0 Å². The third-order valence-corrected chi connectivity index (χ3v) is 5.97. The Bertz CT molecular complexity index is 294. The summed E-state index contributed by atoms with van der Waals surface area (Å²) in [4.78, 5) is 2.78. The molecule has 2 nitrogen and oxygen atoms in total. The van der Waals surface area contributed by atoms with Gasteiger partial charge in [-0.3, -0.25) is 4.90 Å². The minimum atomic E-state index is 0.768. The van der Waals surface area contributed by atoms with E-state index in [0.29, 0.717) is 0 Å². The third-order valence-electron chi connectivity index (χ3n) is 5.97. The molecule has 2 saturated carbocycles. The molecule has 1 aliphatic heterocycles. The van der Waals surface area contributed by atoms with E-state index in [0.717, 1.165) is 30.0 Å². The van der Waals surface area contributed by atoms with E-state index in [4.69, 9.17) is 0 Å². The van der Waals surface area contributed by atoms with Gasteiger partial charge in [0.25, 0.3) is 0 Å². The maximum Gasteiger partial charge on any atom is 0.0200 e. The van der Waals surface area contributed by atoms with Gasteiger partial charge in [0.05, 0.1) is 0 Å². The van der Waals surface area contributed by atoms with Gasteiger partial charge in [0.2, 0.25) is 0 Å². The lowest BCUT2D eigenvalue weighted by molar-refractivity contribution is 0.0919. The van der Waals surface area contributed by atoms with Crippen LogP contribution in [0.4, 0.5) is 0 Å². The van der Waals surface area contributed by atoms with Crippen molar-refractivity contribution in [2.45, 2.75) is 89.8 Å². The lowest BCUT2D eigenvalue weighted by Crippen LogP contribution is -2.53. The number of nitrogens with one attached hydrogen (secondary N) is 1. The van der Waals surface area contributed by atoms with Gasteiger partial charge in [-0.1, -0.05) is 32.6 Å². The first kappa shape index (κ1) is 14.8. The van der Waals surface area contributed by atoms with Crippen LogP contribution in [0.5, 0.6) is 0 Å². The zero-order chi connectivity index (χ0) is 13.9. The van der Waals surface area contributed by atoms with Gasteiger partial charge in [-0.2, -0.15) is 0 Å². The molecular weight excluding hydrogens is 244 g/mol. The highest BCUT2D eigenvalue weighted by molar-refractivity contribution is 4.90. The van der Waals surface area contributed by atoms with Gasteiger partial charge in [-0.05, 0) is 50.9 Å². The summed E-state index contributed by atoms with van der Waals surface area (Å²) in [6, 6.07) is 2.37. The van der Waals surface area contributed by atoms with Gasteiger partial charge in [0.1, 0.15) is 0 Å². The van der Waals surface area contributed by atoms with Crippen molar-refractivity contribution in [1.29, 1.82) is 0 Å². The van der Waals surface area contributed by atoms with Crippen LogP contribution in [-0.4, -0.2) is 36.1 Å². The molecule has 1 N–H and O–H groups in total. The molecule has 3 rings (SSSR count). The molecule has 2 heteroatoms. The summed E-state index contributed by atoms with van der Waals surface area (Å²) in [5.41, 5.74) is 0. The molecule has 3 atom stereocenters. The van der Waals surface area contributed by atoms with Crippen LogP contribution < -0.4 is 5.32 Å². The maximum atomic E-state index is 4.01. The Morgan fingerprint density at radius 3 is 2.40 bits per heavy atom. The van der Waals surface area contributed by atoms with Crippen LogP contribution in [0.2, 0.25) is 0 Å². The Hall–Kier alpha value is -0.0800.